The summed E-state index contributed by atoms with van der Waals surface area (Å²) in [4.78, 5) is 11.7. The molecule has 1 amide bonds. The average molecular weight is 345 g/mol. The third-order valence-electron chi connectivity index (χ3n) is 4.10. The molecular formula is C19H20FNO4. The molecule has 0 aromatic heterocycles. The third kappa shape index (κ3) is 4.70. The number of hydrogen-bond acceptors (Lipinski definition) is 4. The van der Waals surface area contributed by atoms with E-state index in [-0.39, 0.29) is 19.0 Å². The molecule has 2 aromatic rings. The number of halogens is 1. The summed E-state index contributed by atoms with van der Waals surface area (Å²) in [5.41, 5.74) is 1.68. The molecule has 1 heterocycles. The number of aryl methyl sites for hydroxylation is 1. The molecule has 2 atom stereocenters. The minimum Gasteiger partial charge on any atom is -0.487 e. The molecule has 25 heavy (non-hydrogen) atoms. The lowest BCUT2D eigenvalue weighted by Gasteiger charge is -2.29. The second-order valence-corrected chi connectivity index (χ2v) is 5.96. The summed E-state index contributed by atoms with van der Waals surface area (Å²) in [5.74, 6) is 0.271. The summed E-state index contributed by atoms with van der Waals surface area (Å²) in [6.07, 6.45) is -0.748. The molecule has 0 aliphatic carbocycles. The Morgan fingerprint density at radius 1 is 1.32 bits per heavy atom. The van der Waals surface area contributed by atoms with E-state index in [4.69, 9.17) is 9.47 Å². The van der Waals surface area contributed by atoms with Crippen molar-refractivity contribution in [3.8, 4) is 5.75 Å². The highest BCUT2D eigenvalue weighted by Crippen LogP contribution is 2.29. The first-order chi connectivity index (χ1) is 12.1. The summed E-state index contributed by atoms with van der Waals surface area (Å²) < 4.78 is 24.0. The Balaban J connectivity index is 1.44. The zero-order chi connectivity index (χ0) is 17.6. The van der Waals surface area contributed by atoms with E-state index >= 15 is 0 Å². The first-order valence-corrected chi connectivity index (χ1v) is 8.19. The van der Waals surface area contributed by atoms with Crippen LogP contribution in [0.2, 0.25) is 0 Å². The normalized spacial score (nSPS) is 17.1. The molecule has 2 aromatic carbocycles. The molecule has 0 saturated heterocycles. The Morgan fingerprint density at radius 3 is 2.92 bits per heavy atom. The maximum atomic E-state index is 13.2. The highest BCUT2D eigenvalue weighted by molar-refractivity contribution is 5.67. The molecule has 0 saturated carbocycles. The number of amides is 1. The van der Waals surface area contributed by atoms with Gasteiger partial charge in [0.25, 0.3) is 0 Å². The van der Waals surface area contributed by atoms with Gasteiger partial charge in [0.05, 0.1) is 6.54 Å². The number of nitrogens with one attached hydrogen (secondary N) is 1. The molecule has 0 bridgehead atoms. The standard InChI is InChI=1S/C19H20FNO4/c20-15-7-9-17-14(10-15)6-8-18(25-17)16(22)11-21-19(23)24-12-13-4-2-1-3-5-13/h1-5,7,9-10,16,18,22H,6,8,11-12H2,(H,21,23)/t16-,18+/m1/s1. The number of aliphatic hydroxyl groups is 1. The van der Waals surface area contributed by atoms with Crippen molar-refractivity contribution in [3.63, 3.8) is 0 Å². The second kappa shape index (κ2) is 7.98. The number of alkyl carbamates (subject to hydrolysis) is 1. The summed E-state index contributed by atoms with van der Waals surface area (Å²) in [5, 5.41) is 12.8. The lowest BCUT2D eigenvalue weighted by molar-refractivity contribution is 0.0236. The molecular weight excluding hydrogens is 325 g/mol. The fourth-order valence-corrected chi connectivity index (χ4v) is 2.74. The minimum atomic E-state index is -0.873. The Bertz CT molecular complexity index is 723. The van der Waals surface area contributed by atoms with Gasteiger partial charge in [-0.2, -0.15) is 0 Å². The van der Waals surface area contributed by atoms with Gasteiger partial charge in [0, 0.05) is 0 Å². The van der Waals surface area contributed by atoms with E-state index in [1.54, 1.807) is 6.07 Å². The van der Waals surface area contributed by atoms with Crippen LogP contribution >= 0.6 is 0 Å². The average Bonchev–Trinajstić information content (AvgIpc) is 2.64. The van der Waals surface area contributed by atoms with Crippen molar-refractivity contribution in [1.82, 2.24) is 5.32 Å². The largest absolute Gasteiger partial charge is 0.487 e. The van der Waals surface area contributed by atoms with Crippen LogP contribution in [0.15, 0.2) is 48.5 Å². The van der Waals surface area contributed by atoms with Gasteiger partial charge in [-0.25, -0.2) is 9.18 Å². The smallest absolute Gasteiger partial charge is 0.407 e. The van der Waals surface area contributed by atoms with E-state index in [0.717, 1.165) is 11.1 Å². The van der Waals surface area contributed by atoms with E-state index in [0.29, 0.717) is 18.6 Å². The monoisotopic (exact) mass is 345 g/mol. The summed E-state index contributed by atoms with van der Waals surface area (Å²) in [7, 11) is 0. The van der Waals surface area contributed by atoms with Gasteiger partial charge in [-0.3, -0.25) is 0 Å². The van der Waals surface area contributed by atoms with Gasteiger partial charge in [-0.15, -0.1) is 0 Å². The molecule has 6 heteroatoms. The molecule has 132 valence electrons. The molecule has 1 aliphatic rings. The Labute approximate surface area is 145 Å². The third-order valence-corrected chi connectivity index (χ3v) is 4.10. The predicted octanol–water partition coefficient (Wildman–Crippen LogP) is 2.81. The van der Waals surface area contributed by atoms with Crippen LogP contribution in [-0.2, 0) is 17.8 Å². The molecule has 1 aliphatic heterocycles. The number of carbonyl (C=O) groups excluding carboxylic acids is 1. The van der Waals surface area contributed by atoms with Gasteiger partial charge in [-0.1, -0.05) is 30.3 Å². The van der Waals surface area contributed by atoms with Crippen molar-refractivity contribution in [2.45, 2.75) is 31.7 Å². The van der Waals surface area contributed by atoms with E-state index in [1.165, 1.54) is 12.1 Å². The molecule has 0 spiro atoms. The van der Waals surface area contributed by atoms with Crippen LogP contribution in [0.25, 0.3) is 0 Å². The summed E-state index contributed by atoms with van der Waals surface area (Å²) in [6.45, 7) is 0.191. The topological polar surface area (TPSA) is 67.8 Å². The fourth-order valence-electron chi connectivity index (χ4n) is 2.74. The van der Waals surface area contributed by atoms with Crippen molar-refractivity contribution in [3.05, 3.63) is 65.5 Å². The summed E-state index contributed by atoms with van der Waals surface area (Å²) >= 11 is 0. The van der Waals surface area contributed by atoms with Crippen molar-refractivity contribution in [2.75, 3.05) is 6.54 Å². The van der Waals surface area contributed by atoms with Crippen molar-refractivity contribution in [2.24, 2.45) is 0 Å². The van der Waals surface area contributed by atoms with E-state index in [2.05, 4.69) is 5.32 Å². The summed E-state index contributed by atoms with van der Waals surface area (Å²) in [6, 6.07) is 13.7. The fraction of sp³-hybridized carbons (Fsp3) is 0.316. The van der Waals surface area contributed by atoms with Crippen LogP contribution < -0.4 is 10.1 Å². The lowest BCUT2D eigenvalue weighted by atomic mass is 9.99. The first-order valence-electron chi connectivity index (χ1n) is 8.19. The van der Waals surface area contributed by atoms with Crippen LogP contribution in [0, 0.1) is 5.82 Å². The SMILES string of the molecule is O=C(NC[C@@H](O)[C@@H]1CCc2cc(F)ccc2O1)OCc1ccccc1. The van der Waals surface area contributed by atoms with Crippen molar-refractivity contribution < 1.29 is 23.8 Å². The second-order valence-electron chi connectivity index (χ2n) is 5.96. The Hall–Kier alpha value is -2.60. The van der Waals surface area contributed by atoms with Crippen LogP contribution in [0.4, 0.5) is 9.18 Å². The van der Waals surface area contributed by atoms with Crippen LogP contribution in [-0.4, -0.2) is 30.0 Å². The minimum absolute atomic E-state index is 0.0226. The predicted molar refractivity (Wildman–Crippen MR) is 89.8 cm³/mol. The number of rotatable bonds is 5. The number of aliphatic hydroxyl groups excluding tert-OH is 1. The zero-order valence-electron chi connectivity index (χ0n) is 13.7. The lowest BCUT2D eigenvalue weighted by Crippen LogP contribution is -2.43. The van der Waals surface area contributed by atoms with Gasteiger partial charge < -0.3 is 19.9 Å². The van der Waals surface area contributed by atoms with Gasteiger partial charge >= 0.3 is 6.09 Å². The van der Waals surface area contributed by atoms with Gasteiger partial charge in [0.1, 0.15) is 30.4 Å². The number of carbonyl (C=O) groups is 1. The molecule has 0 fully saturated rings. The van der Waals surface area contributed by atoms with Gasteiger partial charge in [0.15, 0.2) is 0 Å². The maximum absolute atomic E-state index is 13.2. The van der Waals surface area contributed by atoms with E-state index < -0.39 is 18.3 Å². The number of benzene rings is 2. The van der Waals surface area contributed by atoms with Crippen LogP contribution in [0.1, 0.15) is 17.5 Å². The molecule has 3 rings (SSSR count). The number of fused-ring (bicyclic) bond motifs is 1. The maximum Gasteiger partial charge on any atom is 0.407 e. The van der Waals surface area contributed by atoms with E-state index in [1.807, 2.05) is 30.3 Å². The van der Waals surface area contributed by atoms with Crippen LogP contribution in [0.5, 0.6) is 5.75 Å². The first kappa shape index (κ1) is 17.2. The quantitative estimate of drug-likeness (QED) is 0.874. The number of hydrogen-bond donors (Lipinski definition) is 2. The molecule has 0 unspecified atom stereocenters. The van der Waals surface area contributed by atoms with E-state index in [9.17, 15) is 14.3 Å². The van der Waals surface area contributed by atoms with Crippen molar-refractivity contribution in [1.29, 1.82) is 0 Å². The highest BCUT2D eigenvalue weighted by Gasteiger charge is 2.27. The van der Waals surface area contributed by atoms with Crippen LogP contribution in [0.3, 0.4) is 0 Å². The highest BCUT2D eigenvalue weighted by atomic mass is 19.1. The molecule has 5 nitrogen and oxygen atoms in total. The zero-order valence-corrected chi connectivity index (χ0v) is 13.7. The Morgan fingerprint density at radius 2 is 2.12 bits per heavy atom. The van der Waals surface area contributed by atoms with Crippen molar-refractivity contribution >= 4 is 6.09 Å². The molecule has 0 radical (unpaired) electrons. The molecule has 2 N–H and O–H groups in total. The van der Waals surface area contributed by atoms with Gasteiger partial charge in [0.2, 0.25) is 0 Å². The Kier molecular flexibility index (Phi) is 5.50. The number of ether oxygens (including phenoxy) is 2. The van der Waals surface area contributed by atoms with Gasteiger partial charge in [-0.05, 0) is 42.2 Å².